The number of anilines is 1. The van der Waals surface area contributed by atoms with Crippen LogP contribution >= 0.6 is 0 Å². The maximum absolute atomic E-state index is 12.5. The average Bonchev–Trinajstić information content (AvgIpc) is 3.24. The monoisotopic (exact) mass is 420 g/mol. The first-order chi connectivity index (χ1) is 14.7. The van der Waals surface area contributed by atoms with Crippen LogP contribution in [0.2, 0.25) is 0 Å². The van der Waals surface area contributed by atoms with Crippen LogP contribution in [0.15, 0.2) is 24.3 Å². The van der Waals surface area contributed by atoms with Crippen LogP contribution in [0, 0.1) is 20.8 Å². The van der Waals surface area contributed by atoms with Gasteiger partial charge in [0.1, 0.15) is 0 Å². The zero-order valence-corrected chi connectivity index (χ0v) is 18.0. The van der Waals surface area contributed by atoms with Gasteiger partial charge in [-0.2, -0.15) is 5.10 Å². The molecule has 8 heteroatoms. The van der Waals surface area contributed by atoms with Crippen molar-refractivity contribution in [2.75, 3.05) is 11.9 Å². The van der Waals surface area contributed by atoms with Crippen molar-refractivity contribution in [1.29, 1.82) is 0 Å². The first-order valence-electron chi connectivity index (χ1n) is 10.2. The van der Waals surface area contributed by atoms with Gasteiger partial charge in [0.2, 0.25) is 5.91 Å². The molecule has 4 rings (SSSR count). The van der Waals surface area contributed by atoms with Crippen molar-refractivity contribution in [3.05, 3.63) is 58.0 Å². The summed E-state index contributed by atoms with van der Waals surface area (Å²) in [6.45, 7) is 7.23. The average molecular weight is 420 g/mol. The van der Waals surface area contributed by atoms with E-state index in [0.29, 0.717) is 12.0 Å². The molecule has 31 heavy (non-hydrogen) atoms. The van der Waals surface area contributed by atoms with Crippen LogP contribution in [0.5, 0.6) is 0 Å². The summed E-state index contributed by atoms with van der Waals surface area (Å²) in [6, 6.07) is 6.94. The van der Waals surface area contributed by atoms with Crippen LogP contribution < -0.4 is 5.32 Å². The summed E-state index contributed by atoms with van der Waals surface area (Å²) in [6.07, 6.45) is 0.596. The number of amides is 1. The molecule has 0 saturated heterocycles. The number of ketones is 1. The third kappa shape index (κ3) is 3.93. The lowest BCUT2D eigenvalue weighted by molar-refractivity contribution is -0.142. The smallest absolute Gasteiger partial charge is 0.306 e. The van der Waals surface area contributed by atoms with Crippen LogP contribution in [0.4, 0.5) is 5.69 Å². The van der Waals surface area contributed by atoms with E-state index in [1.807, 2.05) is 26.8 Å². The van der Waals surface area contributed by atoms with Crippen molar-refractivity contribution in [2.24, 2.45) is 0 Å². The molecule has 3 heterocycles. The van der Waals surface area contributed by atoms with Gasteiger partial charge in [0.05, 0.1) is 11.6 Å². The molecule has 2 aromatic heterocycles. The molecule has 1 aromatic carbocycles. The number of hydrogen-bond acceptors (Lipinski definition) is 6. The van der Waals surface area contributed by atoms with Gasteiger partial charge in [0.15, 0.2) is 18.0 Å². The SMILES string of the molecule is Cc1cc2nc(C)c(CCC(=O)OCC(=O)c3ccc4c(c3)[C@@H](C)C(=O)N4)c(C)n2n1. The predicted molar refractivity (Wildman–Crippen MR) is 114 cm³/mol. The fourth-order valence-electron chi connectivity index (χ4n) is 3.92. The molecule has 160 valence electrons. The minimum Gasteiger partial charge on any atom is -0.457 e. The maximum atomic E-state index is 12.5. The van der Waals surface area contributed by atoms with Gasteiger partial charge in [-0.3, -0.25) is 14.4 Å². The summed E-state index contributed by atoms with van der Waals surface area (Å²) in [4.78, 5) is 41.0. The summed E-state index contributed by atoms with van der Waals surface area (Å²) in [5.74, 6) is -1.14. The highest BCUT2D eigenvalue weighted by Gasteiger charge is 2.27. The van der Waals surface area contributed by atoms with Gasteiger partial charge in [-0.1, -0.05) is 0 Å². The van der Waals surface area contributed by atoms with E-state index in [4.69, 9.17) is 4.74 Å². The van der Waals surface area contributed by atoms with E-state index in [-0.39, 0.29) is 30.6 Å². The highest BCUT2D eigenvalue weighted by atomic mass is 16.5. The molecule has 1 aliphatic rings. The lowest BCUT2D eigenvalue weighted by Gasteiger charge is -2.11. The Morgan fingerprint density at radius 2 is 1.97 bits per heavy atom. The van der Waals surface area contributed by atoms with Crippen molar-refractivity contribution < 1.29 is 19.1 Å². The number of nitrogens with zero attached hydrogens (tertiary/aromatic N) is 3. The normalized spacial score (nSPS) is 15.1. The number of aryl methyl sites for hydroxylation is 3. The Bertz CT molecular complexity index is 1230. The second-order valence-corrected chi connectivity index (χ2v) is 7.91. The van der Waals surface area contributed by atoms with E-state index in [0.717, 1.165) is 39.5 Å². The highest BCUT2D eigenvalue weighted by Crippen LogP contribution is 2.32. The van der Waals surface area contributed by atoms with E-state index >= 15 is 0 Å². The third-order valence-corrected chi connectivity index (χ3v) is 5.72. The number of Topliss-reactive ketones (excluding diaryl/α,β-unsaturated/α-hetero) is 1. The standard InChI is InChI=1S/C23H24N4O4/c1-12-9-21-24-14(3)17(15(4)27(21)26-12)6-8-22(29)31-11-20(28)16-5-7-19-18(10-16)13(2)23(30)25-19/h5,7,9-10,13H,6,8,11H2,1-4H3,(H,25,30)/t13-/m1/s1. The number of rotatable bonds is 6. The van der Waals surface area contributed by atoms with Crippen LogP contribution in [-0.2, 0) is 20.7 Å². The molecule has 1 N–H and O–H groups in total. The summed E-state index contributed by atoms with van der Waals surface area (Å²) >= 11 is 0. The minimum absolute atomic E-state index is 0.0884. The van der Waals surface area contributed by atoms with Crippen LogP contribution in [0.25, 0.3) is 5.65 Å². The van der Waals surface area contributed by atoms with Gasteiger partial charge in [-0.25, -0.2) is 9.50 Å². The second kappa shape index (κ2) is 7.94. The number of benzene rings is 1. The number of ether oxygens (including phenoxy) is 1. The molecule has 0 unspecified atom stereocenters. The number of aromatic nitrogens is 3. The summed E-state index contributed by atoms with van der Waals surface area (Å²) in [5.41, 5.74) is 6.32. The summed E-state index contributed by atoms with van der Waals surface area (Å²) < 4.78 is 6.98. The zero-order valence-electron chi connectivity index (χ0n) is 18.0. The molecule has 1 atom stereocenters. The lowest BCUT2D eigenvalue weighted by atomic mass is 9.99. The van der Waals surface area contributed by atoms with Crippen LogP contribution in [-0.4, -0.2) is 38.9 Å². The van der Waals surface area contributed by atoms with Gasteiger partial charge in [0.25, 0.3) is 0 Å². The Morgan fingerprint density at radius 3 is 2.74 bits per heavy atom. The predicted octanol–water partition coefficient (Wildman–Crippen LogP) is 3.07. The van der Waals surface area contributed by atoms with E-state index in [1.54, 1.807) is 29.6 Å². The molecule has 0 radical (unpaired) electrons. The molecule has 0 spiro atoms. The van der Waals surface area contributed by atoms with Gasteiger partial charge >= 0.3 is 5.97 Å². The second-order valence-electron chi connectivity index (χ2n) is 7.91. The molecule has 0 saturated carbocycles. The van der Waals surface area contributed by atoms with Crippen molar-refractivity contribution in [3.8, 4) is 0 Å². The molecule has 0 fully saturated rings. The van der Waals surface area contributed by atoms with E-state index in [9.17, 15) is 14.4 Å². The molecule has 3 aromatic rings. The fraction of sp³-hybridized carbons (Fsp3) is 0.348. The van der Waals surface area contributed by atoms with E-state index < -0.39 is 5.97 Å². The molecule has 8 nitrogen and oxygen atoms in total. The number of fused-ring (bicyclic) bond motifs is 2. The molecule has 0 bridgehead atoms. The highest BCUT2D eigenvalue weighted by molar-refractivity contribution is 6.05. The molecule has 1 aliphatic heterocycles. The van der Waals surface area contributed by atoms with Crippen LogP contribution in [0.1, 0.15) is 57.8 Å². The van der Waals surface area contributed by atoms with Crippen molar-refractivity contribution in [3.63, 3.8) is 0 Å². The molecular formula is C23H24N4O4. The zero-order chi connectivity index (χ0) is 22.3. The molecule has 0 aliphatic carbocycles. The fourth-order valence-corrected chi connectivity index (χ4v) is 3.92. The number of nitrogens with one attached hydrogen (secondary N) is 1. The maximum Gasteiger partial charge on any atom is 0.306 e. The summed E-state index contributed by atoms with van der Waals surface area (Å²) in [7, 11) is 0. The minimum atomic E-state index is -0.449. The first-order valence-corrected chi connectivity index (χ1v) is 10.2. The molecule has 1 amide bonds. The summed E-state index contributed by atoms with van der Waals surface area (Å²) in [5, 5.41) is 7.21. The third-order valence-electron chi connectivity index (χ3n) is 5.72. The van der Waals surface area contributed by atoms with Crippen molar-refractivity contribution in [2.45, 2.75) is 46.5 Å². The van der Waals surface area contributed by atoms with Crippen molar-refractivity contribution in [1.82, 2.24) is 14.6 Å². The van der Waals surface area contributed by atoms with E-state index in [1.165, 1.54) is 0 Å². The molecular weight excluding hydrogens is 396 g/mol. The quantitative estimate of drug-likeness (QED) is 0.486. The van der Waals surface area contributed by atoms with Crippen LogP contribution in [0.3, 0.4) is 0 Å². The first kappa shape index (κ1) is 20.7. The Balaban J connectivity index is 1.37. The van der Waals surface area contributed by atoms with Gasteiger partial charge in [0, 0.05) is 35.1 Å². The Kier molecular flexibility index (Phi) is 5.31. The topological polar surface area (TPSA) is 103 Å². The Labute approximate surface area is 179 Å². The number of carbonyl (C=O) groups is 3. The number of hydrogen-bond donors (Lipinski definition) is 1. The van der Waals surface area contributed by atoms with Gasteiger partial charge < -0.3 is 10.1 Å². The van der Waals surface area contributed by atoms with Gasteiger partial charge in [-0.15, -0.1) is 0 Å². The Hall–Kier alpha value is -3.55. The van der Waals surface area contributed by atoms with E-state index in [2.05, 4.69) is 15.4 Å². The van der Waals surface area contributed by atoms with Gasteiger partial charge in [-0.05, 0) is 63.4 Å². The van der Waals surface area contributed by atoms with Crippen molar-refractivity contribution >= 4 is 29.0 Å². The number of carbonyl (C=O) groups excluding carboxylic acids is 3. The largest absolute Gasteiger partial charge is 0.457 e. The lowest BCUT2D eigenvalue weighted by Crippen LogP contribution is -2.15. The Morgan fingerprint density at radius 1 is 1.19 bits per heavy atom. The number of esters is 1.